The van der Waals surface area contributed by atoms with Crippen molar-refractivity contribution in [1.82, 2.24) is 14.3 Å². The van der Waals surface area contributed by atoms with E-state index in [1.807, 2.05) is 6.07 Å². The van der Waals surface area contributed by atoms with E-state index in [9.17, 15) is 18.5 Å². The number of hydrogen-bond acceptors (Lipinski definition) is 6. The van der Waals surface area contributed by atoms with Gasteiger partial charge < -0.3 is 9.30 Å². The predicted octanol–water partition coefficient (Wildman–Crippen LogP) is 2.40. The fraction of sp³-hybridized carbons (Fsp3) is 0.167. The van der Waals surface area contributed by atoms with Crippen LogP contribution in [0.15, 0.2) is 65.8 Å². The molecule has 1 heterocycles. The van der Waals surface area contributed by atoms with Crippen molar-refractivity contribution >= 4 is 15.7 Å². The van der Waals surface area contributed by atoms with Gasteiger partial charge in [0.2, 0.25) is 10.0 Å². The summed E-state index contributed by atoms with van der Waals surface area (Å²) in [6.07, 6.45) is 3.27. The van der Waals surface area contributed by atoms with Crippen LogP contribution in [0.25, 0.3) is 0 Å². The second-order valence-corrected chi connectivity index (χ2v) is 7.67. The monoisotopic (exact) mass is 402 g/mol. The Bertz CT molecular complexity index is 1100. The number of sulfonamides is 1. The molecule has 0 fully saturated rings. The van der Waals surface area contributed by atoms with Gasteiger partial charge in [0.05, 0.1) is 16.9 Å². The molecule has 0 amide bonds. The Balaban J connectivity index is 2.04. The molecule has 0 aliphatic rings. The summed E-state index contributed by atoms with van der Waals surface area (Å²) in [6, 6.07) is 11.7. The summed E-state index contributed by atoms with van der Waals surface area (Å²) < 4.78 is 35.2. The van der Waals surface area contributed by atoms with E-state index in [0.29, 0.717) is 11.4 Å². The van der Waals surface area contributed by atoms with Gasteiger partial charge in [0.25, 0.3) is 0 Å². The van der Waals surface area contributed by atoms with Gasteiger partial charge in [0.1, 0.15) is 11.9 Å². The number of ether oxygens (including phenoxy) is 1. The summed E-state index contributed by atoms with van der Waals surface area (Å²) in [5, 5.41) is 11.2. The zero-order valence-corrected chi connectivity index (χ0v) is 16.0. The minimum absolute atomic E-state index is 0.0207. The maximum absolute atomic E-state index is 13.0. The van der Waals surface area contributed by atoms with Gasteiger partial charge in [-0.2, -0.15) is 4.72 Å². The number of aryl methyl sites for hydroxylation is 1. The first-order chi connectivity index (χ1) is 13.3. The van der Waals surface area contributed by atoms with Crippen LogP contribution >= 0.6 is 0 Å². The lowest BCUT2D eigenvalue weighted by Gasteiger charge is -2.19. The number of nitro groups is 1. The summed E-state index contributed by atoms with van der Waals surface area (Å²) in [7, 11) is -1.06. The molecule has 9 nitrogen and oxygen atoms in total. The van der Waals surface area contributed by atoms with E-state index in [1.165, 1.54) is 19.2 Å². The Hall–Kier alpha value is -3.24. The summed E-state index contributed by atoms with van der Waals surface area (Å²) >= 11 is 0. The average Bonchev–Trinajstić information content (AvgIpc) is 3.12. The molecule has 3 rings (SSSR count). The van der Waals surface area contributed by atoms with Crippen LogP contribution in [0.2, 0.25) is 0 Å². The minimum Gasteiger partial charge on any atom is -0.490 e. The first kappa shape index (κ1) is 19.5. The second-order valence-electron chi connectivity index (χ2n) is 5.95. The predicted molar refractivity (Wildman–Crippen MR) is 101 cm³/mol. The molecule has 1 N–H and O–H groups in total. The van der Waals surface area contributed by atoms with E-state index in [0.717, 1.165) is 6.07 Å². The number of methoxy groups -OCH3 is 1. The molecular weight excluding hydrogens is 384 g/mol. The van der Waals surface area contributed by atoms with Crippen LogP contribution in [0.1, 0.15) is 17.4 Å². The highest BCUT2D eigenvalue weighted by Gasteiger charge is 2.28. The van der Waals surface area contributed by atoms with Crippen LogP contribution in [0.5, 0.6) is 5.75 Å². The van der Waals surface area contributed by atoms with Gasteiger partial charge in [0, 0.05) is 25.5 Å². The standard InChI is InChI=1S/C18H18N4O5S/c1-21-11-10-19-18(21)17(13-6-4-3-5-7-13)20-28(25,26)14-8-9-16(27-2)15(12-14)22(23)24/h3-12,17,20H,1-2H3. The molecule has 1 aromatic heterocycles. The molecule has 3 aromatic rings. The molecule has 0 bridgehead atoms. The van der Waals surface area contributed by atoms with Gasteiger partial charge >= 0.3 is 5.69 Å². The number of nitro benzene ring substituents is 1. The molecule has 2 aromatic carbocycles. The third kappa shape index (κ3) is 3.87. The molecule has 1 unspecified atom stereocenters. The van der Waals surface area contributed by atoms with Gasteiger partial charge in [0.15, 0.2) is 5.75 Å². The van der Waals surface area contributed by atoms with Crippen LogP contribution in [-0.2, 0) is 17.1 Å². The molecule has 0 saturated carbocycles. The first-order valence-corrected chi connectivity index (χ1v) is 9.68. The SMILES string of the molecule is COc1ccc(S(=O)(=O)NC(c2ccccc2)c2nccn2C)cc1[N+](=O)[O-]. The van der Waals surface area contributed by atoms with Crippen molar-refractivity contribution in [2.75, 3.05) is 7.11 Å². The van der Waals surface area contributed by atoms with Crippen molar-refractivity contribution in [1.29, 1.82) is 0 Å². The fourth-order valence-corrected chi connectivity index (χ4v) is 3.98. The van der Waals surface area contributed by atoms with Crippen molar-refractivity contribution in [2.24, 2.45) is 7.05 Å². The zero-order chi connectivity index (χ0) is 20.3. The van der Waals surface area contributed by atoms with E-state index in [-0.39, 0.29) is 10.6 Å². The maximum Gasteiger partial charge on any atom is 0.312 e. The van der Waals surface area contributed by atoms with Crippen LogP contribution in [-0.4, -0.2) is 30.0 Å². The van der Waals surface area contributed by atoms with Gasteiger partial charge in [-0.15, -0.1) is 0 Å². The quantitative estimate of drug-likeness (QED) is 0.479. The van der Waals surface area contributed by atoms with Gasteiger partial charge in [-0.25, -0.2) is 13.4 Å². The van der Waals surface area contributed by atoms with Crippen molar-refractivity contribution in [3.63, 3.8) is 0 Å². The molecule has 0 aliphatic heterocycles. The van der Waals surface area contributed by atoms with E-state index >= 15 is 0 Å². The Morgan fingerprint density at radius 1 is 1.21 bits per heavy atom. The lowest BCUT2D eigenvalue weighted by molar-refractivity contribution is -0.386. The number of imidazole rings is 1. The van der Waals surface area contributed by atoms with Crippen molar-refractivity contribution in [3.8, 4) is 5.75 Å². The molecule has 10 heteroatoms. The van der Waals surface area contributed by atoms with Gasteiger partial charge in [-0.1, -0.05) is 30.3 Å². The highest BCUT2D eigenvalue weighted by atomic mass is 32.2. The molecule has 0 saturated heterocycles. The highest BCUT2D eigenvalue weighted by molar-refractivity contribution is 7.89. The molecule has 146 valence electrons. The normalized spacial score (nSPS) is 12.5. The minimum atomic E-state index is -4.09. The molecule has 0 spiro atoms. The van der Waals surface area contributed by atoms with E-state index in [1.54, 1.807) is 48.3 Å². The fourth-order valence-electron chi connectivity index (χ4n) is 2.77. The highest BCUT2D eigenvalue weighted by Crippen LogP contribution is 2.30. The topological polar surface area (TPSA) is 116 Å². The van der Waals surface area contributed by atoms with E-state index < -0.39 is 26.7 Å². The molecular formula is C18H18N4O5S. The lowest BCUT2D eigenvalue weighted by atomic mass is 10.1. The second kappa shape index (κ2) is 7.79. The van der Waals surface area contributed by atoms with Crippen molar-refractivity contribution < 1.29 is 18.1 Å². The number of benzene rings is 2. The number of hydrogen-bond donors (Lipinski definition) is 1. The van der Waals surface area contributed by atoms with Gasteiger partial charge in [-0.05, 0) is 17.7 Å². The Kier molecular flexibility index (Phi) is 5.43. The first-order valence-electron chi connectivity index (χ1n) is 8.20. The van der Waals surface area contributed by atoms with Crippen molar-refractivity contribution in [3.05, 3.63) is 82.4 Å². The molecule has 0 aliphatic carbocycles. The summed E-state index contributed by atoms with van der Waals surface area (Å²) in [5.41, 5.74) is 0.252. The van der Waals surface area contributed by atoms with Crippen LogP contribution in [0, 0.1) is 10.1 Å². The molecule has 28 heavy (non-hydrogen) atoms. The zero-order valence-electron chi connectivity index (χ0n) is 15.1. The maximum atomic E-state index is 13.0. The van der Waals surface area contributed by atoms with Crippen LogP contribution in [0.4, 0.5) is 5.69 Å². The third-order valence-corrected chi connectivity index (χ3v) is 5.60. The lowest BCUT2D eigenvalue weighted by Crippen LogP contribution is -2.31. The smallest absolute Gasteiger partial charge is 0.312 e. The van der Waals surface area contributed by atoms with E-state index in [4.69, 9.17) is 4.74 Å². The Morgan fingerprint density at radius 2 is 1.93 bits per heavy atom. The molecule has 1 atom stereocenters. The summed E-state index contributed by atoms with van der Waals surface area (Å²) in [5.74, 6) is 0.463. The summed E-state index contributed by atoms with van der Waals surface area (Å²) in [4.78, 5) is 14.6. The van der Waals surface area contributed by atoms with Crippen LogP contribution < -0.4 is 9.46 Å². The van der Waals surface area contributed by atoms with E-state index in [2.05, 4.69) is 9.71 Å². The summed E-state index contributed by atoms with van der Waals surface area (Å²) in [6.45, 7) is 0. The third-order valence-electron chi connectivity index (χ3n) is 4.18. The largest absolute Gasteiger partial charge is 0.490 e. The molecule has 0 radical (unpaired) electrons. The number of rotatable bonds is 7. The number of nitrogens with one attached hydrogen (secondary N) is 1. The Labute approximate surface area is 161 Å². The average molecular weight is 402 g/mol. The Morgan fingerprint density at radius 3 is 2.50 bits per heavy atom. The van der Waals surface area contributed by atoms with Gasteiger partial charge in [-0.3, -0.25) is 10.1 Å². The van der Waals surface area contributed by atoms with Crippen molar-refractivity contribution in [2.45, 2.75) is 10.9 Å². The van der Waals surface area contributed by atoms with Crippen LogP contribution in [0.3, 0.4) is 0 Å². The number of nitrogens with zero attached hydrogens (tertiary/aromatic N) is 3. The number of aromatic nitrogens is 2.